The van der Waals surface area contributed by atoms with Gasteiger partial charge in [0, 0.05) is 12.6 Å². The van der Waals surface area contributed by atoms with E-state index in [4.69, 9.17) is 5.73 Å². The molecule has 0 saturated carbocycles. The molecule has 0 aliphatic rings. The first-order valence-corrected chi connectivity index (χ1v) is 7.45. The topological polar surface area (TPSA) is 29.3 Å². The molecule has 0 aromatic rings. The number of nitrogens with zero attached hydrogens (tertiary/aromatic N) is 1. The largest absolute Gasteiger partial charge is 0.327 e. The van der Waals surface area contributed by atoms with Gasteiger partial charge in [-0.1, -0.05) is 47.0 Å². The van der Waals surface area contributed by atoms with Crippen LogP contribution in [0.25, 0.3) is 0 Å². The Labute approximate surface area is 109 Å². The summed E-state index contributed by atoms with van der Waals surface area (Å²) in [4.78, 5) is 2.46. The molecule has 0 aliphatic heterocycles. The van der Waals surface area contributed by atoms with E-state index in [0.29, 0.717) is 12.0 Å². The van der Waals surface area contributed by atoms with Crippen LogP contribution >= 0.6 is 0 Å². The second kappa shape index (κ2) is 9.90. The maximum Gasteiger partial charge on any atom is 0.00740 e. The van der Waals surface area contributed by atoms with Crippen LogP contribution in [0.15, 0.2) is 0 Å². The lowest BCUT2D eigenvalue weighted by atomic mass is 9.98. The average Bonchev–Trinajstić information content (AvgIpc) is 2.31. The van der Waals surface area contributed by atoms with Gasteiger partial charge in [-0.3, -0.25) is 0 Å². The Morgan fingerprint density at radius 2 is 1.76 bits per heavy atom. The van der Waals surface area contributed by atoms with Gasteiger partial charge in [0.1, 0.15) is 0 Å². The summed E-state index contributed by atoms with van der Waals surface area (Å²) in [6.45, 7) is 11.4. The highest BCUT2D eigenvalue weighted by Gasteiger charge is 2.12. The van der Waals surface area contributed by atoms with E-state index in [1.165, 1.54) is 32.2 Å². The van der Waals surface area contributed by atoms with Crippen LogP contribution in [0, 0.1) is 11.8 Å². The Morgan fingerprint density at radius 1 is 1.12 bits per heavy atom. The van der Waals surface area contributed by atoms with Crippen LogP contribution in [0.1, 0.15) is 59.8 Å². The maximum atomic E-state index is 6.08. The quantitative estimate of drug-likeness (QED) is 0.635. The number of hydrogen-bond acceptors (Lipinski definition) is 2. The van der Waals surface area contributed by atoms with Crippen LogP contribution in [0.5, 0.6) is 0 Å². The fourth-order valence-corrected chi connectivity index (χ4v) is 2.15. The Kier molecular flexibility index (Phi) is 9.85. The summed E-state index contributed by atoms with van der Waals surface area (Å²) in [6, 6.07) is 0.355. The highest BCUT2D eigenvalue weighted by atomic mass is 15.1. The second-order valence-corrected chi connectivity index (χ2v) is 5.88. The van der Waals surface area contributed by atoms with E-state index in [2.05, 4.69) is 39.6 Å². The molecule has 0 heterocycles. The third-order valence-electron chi connectivity index (χ3n) is 3.81. The Balaban J connectivity index is 3.78. The SMILES string of the molecule is CCCCC(CC)CN(C)CCC(N)C(C)C. The number of unbranched alkanes of at least 4 members (excludes halogenated alkanes) is 1. The fourth-order valence-electron chi connectivity index (χ4n) is 2.15. The molecule has 0 saturated heterocycles. The minimum Gasteiger partial charge on any atom is -0.327 e. The van der Waals surface area contributed by atoms with Gasteiger partial charge in [0.05, 0.1) is 0 Å². The lowest BCUT2D eigenvalue weighted by Crippen LogP contribution is -2.33. The molecule has 2 heteroatoms. The van der Waals surface area contributed by atoms with Gasteiger partial charge in [0.25, 0.3) is 0 Å². The first-order valence-electron chi connectivity index (χ1n) is 7.45. The third kappa shape index (κ3) is 8.62. The van der Waals surface area contributed by atoms with E-state index in [-0.39, 0.29) is 0 Å². The minimum absolute atomic E-state index is 0.355. The van der Waals surface area contributed by atoms with Crippen molar-refractivity contribution in [2.45, 2.75) is 65.8 Å². The molecule has 2 unspecified atom stereocenters. The molecule has 0 amide bonds. The van der Waals surface area contributed by atoms with Crippen LogP contribution in [-0.2, 0) is 0 Å². The second-order valence-electron chi connectivity index (χ2n) is 5.88. The van der Waals surface area contributed by atoms with E-state index in [1.807, 2.05) is 0 Å². The normalized spacial score (nSPS) is 15.5. The molecule has 0 bridgehead atoms. The van der Waals surface area contributed by atoms with Gasteiger partial charge in [-0.2, -0.15) is 0 Å². The Bertz CT molecular complexity index is 168. The fraction of sp³-hybridized carbons (Fsp3) is 1.00. The number of nitrogens with two attached hydrogens (primary N) is 1. The van der Waals surface area contributed by atoms with Crippen LogP contribution < -0.4 is 5.73 Å². The van der Waals surface area contributed by atoms with Gasteiger partial charge in [0.2, 0.25) is 0 Å². The van der Waals surface area contributed by atoms with Gasteiger partial charge in [-0.25, -0.2) is 0 Å². The van der Waals surface area contributed by atoms with E-state index >= 15 is 0 Å². The first-order chi connectivity index (χ1) is 8.01. The van der Waals surface area contributed by atoms with Crippen molar-refractivity contribution in [3.8, 4) is 0 Å². The average molecular weight is 242 g/mol. The predicted octanol–water partition coefficient (Wildman–Crippen LogP) is 3.51. The van der Waals surface area contributed by atoms with Gasteiger partial charge in [0.15, 0.2) is 0 Å². The lowest BCUT2D eigenvalue weighted by molar-refractivity contribution is 0.245. The zero-order chi connectivity index (χ0) is 13.3. The van der Waals surface area contributed by atoms with Gasteiger partial charge in [-0.15, -0.1) is 0 Å². The zero-order valence-corrected chi connectivity index (χ0v) is 12.7. The van der Waals surface area contributed by atoms with Crippen LogP contribution in [0.3, 0.4) is 0 Å². The van der Waals surface area contributed by atoms with Crippen molar-refractivity contribution in [2.24, 2.45) is 17.6 Å². The molecule has 0 aliphatic carbocycles. The monoisotopic (exact) mass is 242 g/mol. The summed E-state index contributed by atoms with van der Waals surface area (Å²) >= 11 is 0. The van der Waals surface area contributed by atoms with Crippen molar-refractivity contribution < 1.29 is 0 Å². The summed E-state index contributed by atoms with van der Waals surface area (Å²) in [5.41, 5.74) is 6.08. The summed E-state index contributed by atoms with van der Waals surface area (Å²) in [6.07, 6.45) is 6.50. The summed E-state index contributed by atoms with van der Waals surface area (Å²) in [5, 5.41) is 0. The van der Waals surface area contributed by atoms with Crippen molar-refractivity contribution in [3.05, 3.63) is 0 Å². The van der Waals surface area contributed by atoms with E-state index < -0.39 is 0 Å². The summed E-state index contributed by atoms with van der Waals surface area (Å²) in [5.74, 6) is 1.47. The highest BCUT2D eigenvalue weighted by Crippen LogP contribution is 2.14. The maximum absolute atomic E-state index is 6.08. The first kappa shape index (κ1) is 16.9. The van der Waals surface area contributed by atoms with Gasteiger partial charge < -0.3 is 10.6 Å². The van der Waals surface area contributed by atoms with Crippen molar-refractivity contribution in [2.75, 3.05) is 20.1 Å². The van der Waals surface area contributed by atoms with E-state index in [0.717, 1.165) is 18.9 Å². The molecule has 104 valence electrons. The van der Waals surface area contributed by atoms with Crippen molar-refractivity contribution in [3.63, 3.8) is 0 Å². The van der Waals surface area contributed by atoms with Crippen molar-refractivity contribution in [1.29, 1.82) is 0 Å². The molecule has 2 N–H and O–H groups in total. The molecule has 0 spiro atoms. The predicted molar refractivity (Wildman–Crippen MR) is 78.2 cm³/mol. The molecular formula is C15H34N2. The smallest absolute Gasteiger partial charge is 0.00740 e. The van der Waals surface area contributed by atoms with Gasteiger partial charge >= 0.3 is 0 Å². The molecule has 0 fully saturated rings. The van der Waals surface area contributed by atoms with Crippen molar-refractivity contribution in [1.82, 2.24) is 4.90 Å². The minimum atomic E-state index is 0.355. The Morgan fingerprint density at radius 3 is 2.24 bits per heavy atom. The van der Waals surface area contributed by atoms with E-state index in [1.54, 1.807) is 0 Å². The molecule has 0 aromatic carbocycles. The molecule has 2 atom stereocenters. The molecule has 2 nitrogen and oxygen atoms in total. The lowest BCUT2D eigenvalue weighted by Gasteiger charge is -2.25. The van der Waals surface area contributed by atoms with Crippen LogP contribution in [-0.4, -0.2) is 31.1 Å². The molecule has 0 radical (unpaired) electrons. The third-order valence-corrected chi connectivity index (χ3v) is 3.81. The van der Waals surface area contributed by atoms with Crippen molar-refractivity contribution >= 4 is 0 Å². The highest BCUT2D eigenvalue weighted by molar-refractivity contribution is 4.69. The molecular weight excluding hydrogens is 208 g/mol. The molecule has 0 rings (SSSR count). The Hall–Kier alpha value is -0.0800. The zero-order valence-electron chi connectivity index (χ0n) is 12.7. The molecule has 0 aromatic heterocycles. The standard InChI is InChI=1S/C15H34N2/c1-6-8-9-14(7-2)12-17(5)11-10-15(16)13(3)4/h13-15H,6-12,16H2,1-5H3. The number of rotatable bonds is 10. The summed E-state index contributed by atoms with van der Waals surface area (Å²) < 4.78 is 0. The van der Waals surface area contributed by atoms with E-state index in [9.17, 15) is 0 Å². The molecule has 17 heavy (non-hydrogen) atoms. The van der Waals surface area contributed by atoms with Crippen LogP contribution in [0.4, 0.5) is 0 Å². The number of hydrogen-bond donors (Lipinski definition) is 1. The van der Waals surface area contributed by atoms with Crippen LogP contribution in [0.2, 0.25) is 0 Å². The summed E-state index contributed by atoms with van der Waals surface area (Å²) in [7, 11) is 2.24. The van der Waals surface area contributed by atoms with Gasteiger partial charge in [-0.05, 0) is 38.3 Å².